The van der Waals surface area contributed by atoms with Gasteiger partial charge in [0.15, 0.2) is 0 Å². The van der Waals surface area contributed by atoms with Gasteiger partial charge < -0.3 is 24.3 Å². The highest BCUT2D eigenvalue weighted by Gasteiger charge is 2.23. The lowest BCUT2D eigenvalue weighted by molar-refractivity contribution is 0.122. The second kappa shape index (κ2) is 9.81. The minimum absolute atomic E-state index is 0.427. The van der Waals surface area contributed by atoms with Crippen LogP contribution < -0.4 is 15.0 Å². The number of ether oxygens (including phenoxy) is 2. The van der Waals surface area contributed by atoms with E-state index in [2.05, 4.69) is 49.3 Å². The summed E-state index contributed by atoms with van der Waals surface area (Å²) >= 11 is 0. The molecule has 36 heavy (non-hydrogen) atoms. The van der Waals surface area contributed by atoms with E-state index in [0.29, 0.717) is 12.0 Å². The Labute approximate surface area is 211 Å². The Hall–Kier alpha value is -3.59. The Morgan fingerprint density at radius 1 is 1.06 bits per heavy atom. The molecule has 2 aliphatic rings. The van der Waals surface area contributed by atoms with Gasteiger partial charge in [0.1, 0.15) is 11.4 Å². The SMILES string of the molecule is COc1cc(N2CCOCC2)ccc1Nc1ncc2cc(-c3cnn(C)c3)n(C3CCCCC3)c2n1. The molecule has 3 aromatic heterocycles. The molecule has 0 radical (unpaired) electrons. The van der Waals surface area contributed by atoms with Crippen LogP contribution in [0.4, 0.5) is 17.3 Å². The molecular formula is C27H33N7O2. The van der Waals surface area contributed by atoms with Gasteiger partial charge in [0, 0.05) is 61.3 Å². The standard InChI is InChI=1S/C27H33N7O2/c1-32-18-20(17-29-32)24-14-19-16-28-27(31-26(19)34(24)21-6-4-3-5-7-21)30-23-9-8-22(15-25(23)35-2)33-10-12-36-13-11-33/h8-9,14-18,21H,3-7,10-13H2,1-2H3,(H,28,30,31). The van der Waals surface area contributed by atoms with Gasteiger partial charge in [-0.05, 0) is 31.0 Å². The van der Waals surface area contributed by atoms with Gasteiger partial charge in [-0.15, -0.1) is 0 Å². The van der Waals surface area contributed by atoms with E-state index >= 15 is 0 Å². The van der Waals surface area contributed by atoms with Crippen molar-refractivity contribution in [1.29, 1.82) is 0 Å². The molecule has 188 valence electrons. The molecule has 0 amide bonds. The predicted molar refractivity (Wildman–Crippen MR) is 141 cm³/mol. The number of nitrogens with one attached hydrogen (secondary N) is 1. The minimum Gasteiger partial charge on any atom is -0.494 e. The Kier molecular flexibility index (Phi) is 6.23. The lowest BCUT2D eigenvalue weighted by atomic mass is 9.95. The van der Waals surface area contributed by atoms with Crippen molar-refractivity contribution in [2.24, 2.45) is 7.05 Å². The molecule has 0 atom stereocenters. The number of aromatic nitrogens is 5. The molecule has 0 spiro atoms. The van der Waals surface area contributed by atoms with Crippen LogP contribution in [-0.2, 0) is 11.8 Å². The van der Waals surface area contributed by atoms with Gasteiger partial charge in [0.05, 0.1) is 37.9 Å². The maximum atomic E-state index is 5.73. The lowest BCUT2D eigenvalue weighted by Gasteiger charge is -2.29. The normalized spacial score (nSPS) is 17.0. The minimum atomic E-state index is 0.427. The number of benzene rings is 1. The van der Waals surface area contributed by atoms with E-state index in [1.807, 2.05) is 30.2 Å². The third kappa shape index (κ3) is 4.39. The first-order valence-electron chi connectivity index (χ1n) is 12.8. The molecule has 1 aliphatic carbocycles. The molecule has 9 nitrogen and oxygen atoms in total. The highest BCUT2D eigenvalue weighted by Crippen LogP contribution is 2.38. The fourth-order valence-corrected chi connectivity index (χ4v) is 5.47. The van der Waals surface area contributed by atoms with E-state index in [1.54, 1.807) is 7.11 Å². The number of fused-ring (bicyclic) bond motifs is 1. The van der Waals surface area contributed by atoms with Gasteiger partial charge in [-0.25, -0.2) is 4.98 Å². The van der Waals surface area contributed by atoms with E-state index < -0.39 is 0 Å². The third-order valence-electron chi connectivity index (χ3n) is 7.32. The second-order valence-electron chi connectivity index (χ2n) is 9.68. The highest BCUT2D eigenvalue weighted by molar-refractivity contribution is 5.85. The summed E-state index contributed by atoms with van der Waals surface area (Å²) in [4.78, 5) is 12.0. The summed E-state index contributed by atoms with van der Waals surface area (Å²) in [6.45, 7) is 3.26. The molecule has 0 unspecified atom stereocenters. The molecule has 9 heteroatoms. The Morgan fingerprint density at radius 2 is 1.89 bits per heavy atom. The van der Waals surface area contributed by atoms with Crippen molar-refractivity contribution in [2.75, 3.05) is 43.6 Å². The number of hydrogen-bond donors (Lipinski definition) is 1. The van der Waals surface area contributed by atoms with Crippen molar-refractivity contribution in [3.05, 3.63) is 42.9 Å². The van der Waals surface area contributed by atoms with Crippen molar-refractivity contribution in [3.63, 3.8) is 0 Å². The molecule has 4 heterocycles. The van der Waals surface area contributed by atoms with Crippen molar-refractivity contribution >= 4 is 28.4 Å². The highest BCUT2D eigenvalue weighted by atomic mass is 16.5. The molecule has 1 aromatic carbocycles. The van der Waals surface area contributed by atoms with Crippen LogP contribution in [-0.4, -0.2) is 57.7 Å². The molecule has 1 N–H and O–H groups in total. The number of rotatable bonds is 6. The molecule has 0 bridgehead atoms. The van der Waals surface area contributed by atoms with Crippen LogP contribution in [0.2, 0.25) is 0 Å². The van der Waals surface area contributed by atoms with Gasteiger partial charge in [0.25, 0.3) is 0 Å². The monoisotopic (exact) mass is 487 g/mol. The molecule has 1 saturated carbocycles. The summed E-state index contributed by atoms with van der Waals surface area (Å²) in [5.74, 6) is 1.33. The molecule has 1 aliphatic heterocycles. The van der Waals surface area contributed by atoms with Crippen LogP contribution in [0.3, 0.4) is 0 Å². The topological polar surface area (TPSA) is 82.3 Å². The summed E-state index contributed by atoms with van der Waals surface area (Å²) in [5.41, 5.74) is 5.20. The predicted octanol–water partition coefficient (Wildman–Crippen LogP) is 4.93. The Bertz CT molecular complexity index is 1350. The maximum absolute atomic E-state index is 5.73. The molecule has 4 aromatic rings. The van der Waals surface area contributed by atoms with Crippen LogP contribution in [0.15, 0.2) is 42.9 Å². The lowest BCUT2D eigenvalue weighted by Crippen LogP contribution is -2.36. The van der Waals surface area contributed by atoms with Gasteiger partial charge in [0.2, 0.25) is 5.95 Å². The Morgan fingerprint density at radius 3 is 2.64 bits per heavy atom. The zero-order chi connectivity index (χ0) is 24.5. The largest absolute Gasteiger partial charge is 0.494 e. The van der Waals surface area contributed by atoms with E-state index in [9.17, 15) is 0 Å². The van der Waals surface area contributed by atoms with Crippen molar-refractivity contribution < 1.29 is 9.47 Å². The summed E-state index contributed by atoms with van der Waals surface area (Å²) in [7, 11) is 3.65. The Balaban J connectivity index is 1.36. The summed E-state index contributed by atoms with van der Waals surface area (Å²) < 4.78 is 15.5. The third-order valence-corrected chi connectivity index (χ3v) is 7.32. The number of aryl methyl sites for hydroxylation is 1. The summed E-state index contributed by atoms with van der Waals surface area (Å²) in [6, 6.07) is 8.84. The summed E-state index contributed by atoms with van der Waals surface area (Å²) in [6.07, 6.45) is 12.1. The number of hydrogen-bond acceptors (Lipinski definition) is 7. The average molecular weight is 488 g/mol. The van der Waals surface area contributed by atoms with E-state index in [1.165, 1.54) is 32.1 Å². The van der Waals surface area contributed by atoms with Gasteiger partial charge >= 0.3 is 0 Å². The second-order valence-corrected chi connectivity index (χ2v) is 9.68. The number of anilines is 3. The van der Waals surface area contributed by atoms with Crippen molar-refractivity contribution in [2.45, 2.75) is 38.1 Å². The van der Waals surface area contributed by atoms with Gasteiger partial charge in [-0.2, -0.15) is 10.1 Å². The average Bonchev–Trinajstić information content (AvgIpc) is 3.53. The van der Waals surface area contributed by atoms with E-state index in [4.69, 9.17) is 14.5 Å². The molecule has 2 fully saturated rings. The van der Waals surface area contributed by atoms with Crippen LogP contribution in [0.5, 0.6) is 5.75 Å². The number of methoxy groups -OCH3 is 1. The molecular weight excluding hydrogens is 454 g/mol. The number of nitrogens with zero attached hydrogens (tertiary/aromatic N) is 6. The summed E-state index contributed by atoms with van der Waals surface area (Å²) in [5, 5.41) is 8.86. The quantitative estimate of drug-likeness (QED) is 0.413. The van der Waals surface area contributed by atoms with E-state index in [-0.39, 0.29) is 0 Å². The van der Waals surface area contributed by atoms with Gasteiger partial charge in [-0.1, -0.05) is 19.3 Å². The molecule has 1 saturated heterocycles. The zero-order valence-corrected chi connectivity index (χ0v) is 21.0. The van der Waals surface area contributed by atoms with Crippen molar-refractivity contribution in [1.82, 2.24) is 24.3 Å². The number of morpholine rings is 1. The van der Waals surface area contributed by atoms with E-state index in [0.717, 1.165) is 65.7 Å². The van der Waals surface area contributed by atoms with Crippen LogP contribution in [0, 0.1) is 0 Å². The van der Waals surface area contributed by atoms with Gasteiger partial charge in [-0.3, -0.25) is 4.68 Å². The van der Waals surface area contributed by atoms with Crippen molar-refractivity contribution in [3.8, 4) is 17.0 Å². The van der Waals surface area contributed by atoms with Crippen LogP contribution >= 0.6 is 0 Å². The fourth-order valence-electron chi connectivity index (χ4n) is 5.47. The smallest absolute Gasteiger partial charge is 0.229 e. The zero-order valence-electron chi connectivity index (χ0n) is 21.0. The first-order chi connectivity index (χ1) is 17.7. The van der Waals surface area contributed by atoms with Crippen LogP contribution in [0.25, 0.3) is 22.3 Å². The fraction of sp³-hybridized carbons (Fsp3) is 0.444. The first-order valence-corrected chi connectivity index (χ1v) is 12.8. The first kappa shape index (κ1) is 22.8. The molecule has 6 rings (SSSR count). The maximum Gasteiger partial charge on any atom is 0.229 e. The van der Waals surface area contributed by atoms with Crippen LogP contribution in [0.1, 0.15) is 38.1 Å².